The Morgan fingerprint density at radius 2 is 2.00 bits per heavy atom. The Morgan fingerprint density at radius 3 is 2.64 bits per heavy atom. The number of carbonyl (C=O) groups is 1. The molecule has 206 valence electrons. The van der Waals surface area contributed by atoms with Crippen LogP contribution in [0.1, 0.15) is 31.3 Å². The number of carbonyl (C=O) groups excluding carboxylic acids is 1. The number of sulfone groups is 1. The smallest absolute Gasteiger partial charge is 0.319 e. The van der Waals surface area contributed by atoms with Crippen molar-refractivity contribution in [2.45, 2.75) is 29.4 Å². The molecule has 0 bridgehead atoms. The van der Waals surface area contributed by atoms with Crippen LogP contribution in [-0.4, -0.2) is 59.4 Å². The fraction of sp³-hybridized carbons (Fsp3) is 0.280. The van der Waals surface area contributed by atoms with E-state index in [-0.39, 0.29) is 49.0 Å². The van der Waals surface area contributed by atoms with Crippen LogP contribution in [0.5, 0.6) is 0 Å². The second-order valence-electron chi connectivity index (χ2n) is 8.65. The van der Waals surface area contributed by atoms with Crippen molar-refractivity contribution in [1.82, 2.24) is 25.5 Å². The lowest BCUT2D eigenvalue weighted by Crippen LogP contribution is -2.28. The van der Waals surface area contributed by atoms with E-state index >= 15 is 0 Å². The molecular formula is C25H27F2N7O4S. The van der Waals surface area contributed by atoms with Crippen molar-refractivity contribution in [3.63, 3.8) is 0 Å². The number of amides is 2. The quantitative estimate of drug-likeness (QED) is 0.177. The Kier molecular flexibility index (Phi) is 8.35. The van der Waals surface area contributed by atoms with Crippen LogP contribution in [0, 0.1) is 11.6 Å². The van der Waals surface area contributed by atoms with Crippen LogP contribution in [0.3, 0.4) is 0 Å². The second kappa shape index (κ2) is 11.7. The predicted octanol–water partition coefficient (Wildman–Crippen LogP) is 3.13. The standard InChI is InChI=1S/C25H27F2N7O4S/c1-2-16(4-3-9-29-24(36)32-17-14-30-31-15-17)23-33-21(13-22(34-23)28-10-11-35)25(7-8-25)39(37,38)18-5-6-19(26)20(27)12-18/h2-6,12-15,35H,7-11H2,1H3,(H,30,31)(H,28,33,34)(H2,29,32,36)/b4-3-,16-2+. The van der Waals surface area contributed by atoms with Gasteiger partial charge in [-0.2, -0.15) is 5.10 Å². The third kappa shape index (κ3) is 6.12. The zero-order valence-corrected chi connectivity index (χ0v) is 21.7. The molecule has 1 saturated carbocycles. The summed E-state index contributed by atoms with van der Waals surface area (Å²) in [7, 11) is -4.13. The summed E-state index contributed by atoms with van der Waals surface area (Å²) in [5.74, 6) is -1.90. The number of aliphatic hydroxyl groups excluding tert-OH is 1. The Labute approximate surface area is 223 Å². The van der Waals surface area contributed by atoms with Gasteiger partial charge in [-0.05, 0) is 38.0 Å². The SMILES string of the molecule is C/C=C(\C=C/CNC(=O)Nc1cn[nH]c1)c1nc(NCCO)cc(C2(S(=O)(=O)c3ccc(F)c(F)c3)CC2)n1. The molecule has 1 aromatic carbocycles. The van der Waals surface area contributed by atoms with E-state index < -0.39 is 32.2 Å². The minimum atomic E-state index is -4.13. The van der Waals surface area contributed by atoms with Crippen LogP contribution in [0.2, 0.25) is 0 Å². The van der Waals surface area contributed by atoms with Gasteiger partial charge >= 0.3 is 6.03 Å². The van der Waals surface area contributed by atoms with Crippen molar-refractivity contribution >= 4 is 32.9 Å². The van der Waals surface area contributed by atoms with Crippen LogP contribution in [0.25, 0.3) is 5.57 Å². The van der Waals surface area contributed by atoms with E-state index in [1.54, 1.807) is 25.2 Å². The number of anilines is 2. The summed E-state index contributed by atoms with van der Waals surface area (Å²) in [6.07, 6.45) is 8.53. The molecule has 5 N–H and O–H groups in total. The molecule has 0 aliphatic heterocycles. The molecule has 0 atom stereocenters. The number of halogens is 2. The van der Waals surface area contributed by atoms with E-state index in [1.165, 1.54) is 18.5 Å². The van der Waals surface area contributed by atoms with Gasteiger partial charge in [-0.1, -0.05) is 18.2 Å². The first kappa shape index (κ1) is 27.9. The maximum atomic E-state index is 13.9. The van der Waals surface area contributed by atoms with E-state index in [0.29, 0.717) is 23.1 Å². The molecule has 4 rings (SSSR count). The molecule has 3 aromatic rings. The monoisotopic (exact) mass is 559 g/mol. The van der Waals surface area contributed by atoms with E-state index in [1.807, 2.05) is 0 Å². The van der Waals surface area contributed by atoms with E-state index in [2.05, 4.69) is 36.1 Å². The molecular weight excluding hydrogens is 532 g/mol. The molecule has 2 amide bonds. The number of allylic oxidation sites excluding steroid dienone is 3. The molecule has 11 nitrogen and oxygen atoms in total. The minimum Gasteiger partial charge on any atom is -0.395 e. The number of nitrogens with zero attached hydrogens (tertiary/aromatic N) is 3. The van der Waals surface area contributed by atoms with Crippen LogP contribution in [-0.2, 0) is 14.6 Å². The molecule has 0 saturated heterocycles. The van der Waals surface area contributed by atoms with Gasteiger partial charge in [0.25, 0.3) is 0 Å². The number of hydrogen-bond donors (Lipinski definition) is 5. The molecule has 1 aliphatic rings. The van der Waals surface area contributed by atoms with E-state index in [0.717, 1.165) is 12.1 Å². The lowest BCUT2D eigenvalue weighted by molar-refractivity contribution is 0.253. The topological polar surface area (TPSA) is 162 Å². The molecule has 39 heavy (non-hydrogen) atoms. The number of aliphatic hydroxyl groups is 1. The summed E-state index contributed by atoms with van der Waals surface area (Å²) in [6.45, 7) is 1.90. The lowest BCUT2D eigenvalue weighted by atomic mass is 10.2. The zero-order chi connectivity index (χ0) is 28.0. The second-order valence-corrected chi connectivity index (χ2v) is 10.9. The summed E-state index contributed by atoms with van der Waals surface area (Å²) in [4.78, 5) is 20.7. The number of aromatic amines is 1. The van der Waals surface area contributed by atoms with Gasteiger partial charge < -0.3 is 21.1 Å². The summed E-state index contributed by atoms with van der Waals surface area (Å²) < 4.78 is 53.0. The first-order valence-corrected chi connectivity index (χ1v) is 13.5. The largest absolute Gasteiger partial charge is 0.395 e. The van der Waals surface area contributed by atoms with Gasteiger partial charge in [0.05, 0.1) is 29.1 Å². The van der Waals surface area contributed by atoms with Crippen molar-refractivity contribution in [2.75, 3.05) is 30.3 Å². The molecule has 1 aliphatic carbocycles. The van der Waals surface area contributed by atoms with Gasteiger partial charge in [0.2, 0.25) is 0 Å². The van der Waals surface area contributed by atoms with Gasteiger partial charge in [0.15, 0.2) is 27.3 Å². The number of hydrogen-bond acceptors (Lipinski definition) is 8. The number of rotatable bonds is 11. The highest BCUT2D eigenvalue weighted by Crippen LogP contribution is 2.55. The fourth-order valence-corrected chi connectivity index (χ4v) is 5.84. The summed E-state index contributed by atoms with van der Waals surface area (Å²) >= 11 is 0. The molecule has 0 unspecified atom stereocenters. The van der Waals surface area contributed by atoms with Gasteiger partial charge in [-0.25, -0.2) is 32.0 Å². The van der Waals surface area contributed by atoms with Gasteiger partial charge in [-0.3, -0.25) is 5.10 Å². The fourth-order valence-electron chi connectivity index (χ4n) is 3.86. The van der Waals surface area contributed by atoms with Gasteiger partial charge in [-0.15, -0.1) is 0 Å². The summed E-state index contributed by atoms with van der Waals surface area (Å²) in [5.41, 5.74) is 1.25. The Hall–Kier alpha value is -4.17. The lowest BCUT2D eigenvalue weighted by Gasteiger charge is -2.18. The highest BCUT2D eigenvalue weighted by Gasteiger charge is 2.58. The highest BCUT2D eigenvalue weighted by molar-refractivity contribution is 7.92. The first-order chi connectivity index (χ1) is 18.7. The van der Waals surface area contributed by atoms with Crippen molar-refractivity contribution in [3.05, 3.63) is 78.0 Å². The zero-order valence-electron chi connectivity index (χ0n) is 20.9. The number of urea groups is 1. The van der Waals surface area contributed by atoms with Crippen molar-refractivity contribution in [2.24, 2.45) is 0 Å². The number of aromatic nitrogens is 4. The maximum Gasteiger partial charge on any atom is 0.319 e. The average Bonchev–Trinajstić information content (AvgIpc) is 3.60. The highest BCUT2D eigenvalue weighted by atomic mass is 32.2. The normalized spacial score (nSPS) is 14.8. The Balaban J connectivity index is 1.59. The van der Waals surface area contributed by atoms with E-state index in [4.69, 9.17) is 0 Å². The van der Waals surface area contributed by atoms with Crippen molar-refractivity contribution in [3.8, 4) is 0 Å². The first-order valence-electron chi connectivity index (χ1n) is 12.0. The van der Waals surface area contributed by atoms with E-state index in [9.17, 15) is 27.1 Å². The van der Waals surface area contributed by atoms with Crippen LogP contribution in [0.15, 0.2) is 59.8 Å². The predicted molar refractivity (Wildman–Crippen MR) is 140 cm³/mol. The third-order valence-corrected chi connectivity index (χ3v) is 8.55. The van der Waals surface area contributed by atoms with Gasteiger partial charge in [0.1, 0.15) is 10.6 Å². The number of nitrogens with one attached hydrogen (secondary N) is 4. The number of benzene rings is 1. The number of H-pyrrole nitrogens is 1. The minimum absolute atomic E-state index is 0.162. The average molecular weight is 560 g/mol. The summed E-state index contributed by atoms with van der Waals surface area (Å²) in [5, 5.41) is 23.8. The van der Waals surface area contributed by atoms with Gasteiger partial charge in [0, 0.05) is 30.9 Å². The third-order valence-electron chi connectivity index (χ3n) is 6.03. The van der Waals surface area contributed by atoms with Crippen LogP contribution < -0.4 is 16.0 Å². The van der Waals surface area contributed by atoms with Crippen molar-refractivity contribution in [1.29, 1.82) is 0 Å². The van der Waals surface area contributed by atoms with Crippen LogP contribution >= 0.6 is 0 Å². The van der Waals surface area contributed by atoms with Crippen molar-refractivity contribution < 1.29 is 27.1 Å². The molecule has 0 spiro atoms. The molecule has 14 heteroatoms. The Bertz CT molecular complexity index is 1500. The van der Waals surface area contributed by atoms with Crippen LogP contribution in [0.4, 0.5) is 25.1 Å². The molecule has 2 aromatic heterocycles. The maximum absolute atomic E-state index is 13.9. The summed E-state index contributed by atoms with van der Waals surface area (Å²) in [6, 6.07) is 3.55. The Morgan fingerprint density at radius 1 is 1.21 bits per heavy atom. The molecule has 2 heterocycles. The molecule has 1 fully saturated rings. The molecule has 0 radical (unpaired) electrons.